The number of amides is 1. The second kappa shape index (κ2) is 12.2. The van der Waals surface area contributed by atoms with Crippen molar-refractivity contribution in [2.75, 3.05) is 24.4 Å². The molecule has 0 saturated carbocycles. The Balaban J connectivity index is 0.00000432. The molecular weight excluding hydrogens is 480 g/mol. The second-order valence-electron chi connectivity index (χ2n) is 9.78. The van der Waals surface area contributed by atoms with Crippen molar-refractivity contribution in [3.05, 3.63) is 47.0 Å². The molecule has 8 nitrogen and oxygen atoms in total. The maximum absolute atomic E-state index is 14.9. The maximum atomic E-state index is 14.9. The topological polar surface area (TPSA) is 87.5 Å². The number of nitrogens with zero attached hydrogens (tertiary/aromatic N) is 4. The molecule has 0 bridgehead atoms. The first-order chi connectivity index (χ1) is 15.9. The second-order valence-corrected chi connectivity index (χ2v) is 11.4. The molecule has 2 heterocycles. The number of hydrogen-bond acceptors (Lipinski definition) is 5. The van der Waals surface area contributed by atoms with Crippen molar-refractivity contribution in [3.8, 4) is 0 Å². The molecule has 1 aliphatic heterocycles. The van der Waals surface area contributed by atoms with Gasteiger partial charge in [-0.25, -0.2) is 13.4 Å². The Bertz CT molecular complexity index is 1110. The zero-order valence-electron chi connectivity index (χ0n) is 20.9. The summed E-state index contributed by atoms with van der Waals surface area (Å²) in [6, 6.07) is 3.36. The van der Waals surface area contributed by atoms with Gasteiger partial charge in [-0.15, -0.1) is 0 Å². The predicted octanol–water partition coefficient (Wildman–Crippen LogP) is 2.66. The van der Waals surface area contributed by atoms with Crippen LogP contribution in [0, 0.1) is 5.82 Å². The van der Waals surface area contributed by atoms with Gasteiger partial charge in [0.15, 0.2) is 0 Å². The van der Waals surface area contributed by atoms with Gasteiger partial charge in [0.1, 0.15) is 5.82 Å². The summed E-state index contributed by atoms with van der Waals surface area (Å²) in [5, 5.41) is 4.10. The van der Waals surface area contributed by atoms with E-state index in [2.05, 4.69) is 14.7 Å². The van der Waals surface area contributed by atoms with E-state index in [0.29, 0.717) is 22.4 Å². The first kappa shape index (κ1) is 29.8. The Morgan fingerprint density at radius 1 is 1.20 bits per heavy atom. The van der Waals surface area contributed by atoms with E-state index >= 15 is 0 Å². The Morgan fingerprint density at radius 2 is 1.80 bits per heavy atom. The van der Waals surface area contributed by atoms with Gasteiger partial charge in [-0.05, 0) is 55.0 Å². The molecule has 0 unspecified atom stereocenters. The van der Waals surface area contributed by atoms with E-state index in [-0.39, 0.29) is 66.2 Å². The number of halogens is 1. The van der Waals surface area contributed by atoms with Crippen LogP contribution in [-0.2, 0) is 28.5 Å². The molecule has 190 valence electrons. The molecule has 11 heteroatoms. The van der Waals surface area contributed by atoms with E-state index in [0.717, 1.165) is 19.4 Å². The van der Waals surface area contributed by atoms with Crippen LogP contribution in [-0.4, -0.2) is 84.7 Å². The van der Waals surface area contributed by atoms with Gasteiger partial charge in [0.2, 0.25) is 5.91 Å². The third-order valence-corrected chi connectivity index (χ3v) is 7.78. The number of anilines is 1. The van der Waals surface area contributed by atoms with Gasteiger partial charge in [0, 0.05) is 19.3 Å². The Labute approximate surface area is 230 Å². The summed E-state index contributed by atoms with van der Waals surface area (Å²) < 4.78 is 46.5. The number of carbonyl (C=O) groups excluding carboxylic acids is 1. The monoisotopic (exact) mass is 517 g/mol. The number of rotatable bonds is 9. The van der Waals surface area contributed by atoms with Gasteiger partial charge < -0.3 is 4.90 Å². The first-order valence-electron chi connectivity index (χ1n) is 11.7. The number of aryl methyl sites for hydroxylation is 1. The minimum absolute atomic E-state index is 0. The van der Waals surface area contributed by atoms with Crippen LogP contribution in [0.15, 0.2) is 24.5 Å². The molecular formula is C24H37FN5NaO3S. The van der Waals surface area contributed by atoms with Crippen molar-refractivity contribution in [1.82, 2.24) is 19.4 Å². The van der Waals surface area contributed by atoms with Crippen LogP contribution in [0.1, 0.15) is 69.1 Å². The number of aromatic nitrogens is 2. The van der Waals surface area contributed by atoms with Gasteiger partial charge in [0.05, 0.1) is 24.8 Å². The van der Waals surface area contributed by atoms with Crippen LogP contribution in [0.2, 0.25) is 0 Å². The average Bonchev–Trinajstić information content (AvgIpc) is 3.33. The Hall–Kier alpha value is -1.46. The molecule has 0 aliphatic carbocycles. The van der Waals surface area contributed by atoms with Crippen molar-refractivity contribution in [2.45, 2.75) is 64.8 Å². The summed E-state index contributed by atoms with van der Waals surface area (Å²) in [7, 11) is -0.494. The standard InChI is InChI=1S/C24H36FN5O3S.Na.H/c1-16(2)21-10-18(11-22(17(3)4)24(21)25)12-23(31)27-34(32,33)30(20-13-26-29(6)14-20)15-19-8-7-9-28(19)5;;/h10-11,13-14,16-17,19H,7-9,12,15H2,1-6H3,(H,27,31);;/t19-;;/m0../s1. The van der Waals surface area contributed by atoms with E-state index < -0.39 is 16.1 Å². The summed E-state index contributed by atoms with van der Waals surface area (Å²) in [6.45, 7) is 8.69. The van der Waals surface area contributed by atoms with E-state index in [1.165, 1.54) is 15.2 Å². The molecule has 1 N–H and O–H groups in total. The van der Waals surface area contributed by atoms with Crippen LogP contribution in [0.5, 0.6) is 0 Å². The van der Waals surface area contributed by atoms with Gasteiger partial charge >= 0.3 is 39.8 Å². The number of hydrogen-bond donors (Lipinski definition) is 1. The van der Waals surface area contributed by atoms with Gasteiger partial charge in [-0.3, -0.25) is 9.48 Å². The van der Waals surface area contributed by atoms with E-state index in [1.54, 1.807) is 25.4 Å². The quantitative estimate of drug-likeness (QED) is 0.517. The minimum atomic E-state index is -4.17. The number of carbonyl (C=O) groups is 1. The van der Waals surface area contributed by atoms with Crippen LogP contribution in [0.3, 0.4) is 0 Å². The number of benzene rings is 1. The molecule has 3 rings (SSSR count). The van der Waals surface area contributed by atoms with Crippen molar-refractivity contribution in [2.24, 2.45) is 7.05 Å². The van der Waals surface area contributed by atoms with Gasteiger partial charge in [-0.1, -0.05) is 39.8 Å². The van der Waals surface area contributed by atoms with Crippen molar-refractivity contribution < 1.29 is 17.6 Å². The summed E-state index contributed by atoms with van der Waals surface area (Å²) in [5.41, 5.74) is 2.04. The summed E-state index contributed by atoms with van der Waals surface area (Å²) in [6.07, 6.45) is 4.80. The molecule has 1 atom stereocenters. The average molecular weight is 518 g/mol. The number of nitrogens with one attached hydrogen (secondary N) is 1. The van der Waals surface area contributed by atoms with E-state index in [9.17, 15) is 17.6 Å². The molecule has 1 saturated heterocycles. The third-order valence-electron chi connectivity index (χ3n) is 6.36. The van der Waals surface area contributed by atoms with Crippen LogP contribution >= 0.6 is 0 Å². The van der Waals surface area contributed by atoms with E-state index in [4.69, 9.17) is 0 Å². The molecule has 0 spiro atoms. The van der Waals surface area contributed by atoms with Gasteiger partial charge in [0.25, 0.3) is 0 Å². The van der Waals surface area contributed by atoms with Crippen LogP contribution in [0.25, 0.3) is 0 Å². The summed E-state index contributed by atoms with van der Waals surface area (Å²) >= 11 is 0. The summed E-state index contributed by atoms with van der Waals surface area (Å²) in [4.78, 5) is 15.0. The van der Waals surface area contributed by atoms with Crippen molar-refractivity contribution in [3.63, 3.8) is 0 Å². The van der Waals surface area contributed by atoms with Crippen molar-refractivity contribution >= 4 is 51.4 Å². The zero-order valence-corrected chi connectivity index (χ0v) is 21.7. The normalized spacial score (nSPS) is 16.5. The van der Waals surface area contributed by atoms with Crippen LogP contribution in [0.4, 0.5) is 10.1 Å². The fourth-order valence-corrected chi connectivity index (χ4v) is 5.59. The molecule has 0 radical (unpaired) electrons. The molecule has 1 amide bonds. The van der Waals surface area contributed by atoms with E-state index in [1.807, 2.05) is 34.7 Å². The molecule has 2 aromatic rings. The van der Waals surface area contributed by atoms with Crippen molar-refractivity contribution in [1.29, 1.82) is 0 Å². The third kappa shape index (κ3) is 7.29. The molecule has 1 aromatic carbocycles. The Morgan fingerprint density at radius 3 is 2.26 bits per heavy atom. The fourth-order valence-electron chi connectivity index (χ4n) is 4.38. The molecule has 35 heavy (non-hydrogen) atoms. The fraction of sp³-hybridized carbons (Fsp3) is 0.583. The first-order valence-corrected chi connectivity index (χ1v) is 13.2. The zero-order chi connectivity index (χ0) is 25.2. The number of likely N-dealkylation sites (N-methyl/N-ethyl adjacent to an activating group) is 1. The Kier molecular flexibility index (Phi) is 10.4. The SMILES string of the molecule is CC(C)c1cc(CC(=O)NS(=O)(=O)N(C[C@@H]2CCCN2C)c2cnn(C)c2)cc(C(C)C)c1F.[NaH]. The molecule has 1 fully saturated rings. The predicted molar refractivity (Wildman–Crippen MR) is 139 cm³/mol. The van der Waals surface area contributed by atoms with Gasteiger partial charge in [-0.2, -0.15) is 13.5 Å². The molecule has 1 aromatic heterocycles. The molecule has 1 aliphatic rings. The summed E-state index contributed by atoms with van der Waals surface area (Å²) in [5.74, 6) is -1.04. The number of likely N-dealkylation sites (tertiary alicyclic amines) is 1. The van der Waals surface area contributed by atoms with Crippen LogP contribution < -0.4 is 9.03 Å².